The van der Waals surface area contributed by atoms with Crippen molar-refractivity contribution in [2.75, 3.05) is 32.7 Å². The molecule has 0 atom stereocenters. The maximum atomic E-state index is 12.2. The molecule has 0 bridgehead atoms. The van der Waals surface area contributed by atoms with Crippen molar-refractivity contribution in [2.45, 2.75) is 13.1 Å². The Morgan fingerprint density at radius 1 is 0.923 bits per heavy atom. The Morgan fingerprint density at radius 3 is 2.27 bits per heavy atom. The molecule has 1 heterocycles. The molecule has 6 heteroatoms. The van der Waals surface area contributed by atoms with Gasteiger partial charge in [0.15, 0.2) is 0 Å². The zero-order valence-corrected chi connectivity index (χ0v) is 16.1. The lowest BCUT2D eigenvalue weighted by atomic mass is 10.2. The standard InChI is InChI=1S/C20H23Cl2N3O/c21-18-7-5-16(6-8-18)13-23-20(26)15-25-11-9-24(10-12-25)14-17-3-1-2-4-19(17)22/h1-8H,9-15H2,(H,23,26). The number of piperazine rings is 1. The second-order valence-corrected chi connectivity index (χ2v) is 7.39. The van der Waals surface area contributed by atoms with Crippen molar-refractivity contribution >= 4 is 29.1 Å². The highest BCUT2D eigenvalue weighted by Crippen LogP contribution is 2.17. The smallest absolute Gasteiger partial charge is 0.234 e. The zero-order chi connectivity index (χ0) is 18.4. The summed E-state index contributed by atoms with van der Waals surface area (Å²) in [5.41, 5.74) is 2.20. The summed E-state index contributed by atoms with van der Waals surface area (Å²) in [6.07, 6.45) is 0. The van der Waals surface area contributed by atoms with Crippen molar-refractivity contribution in [1.29, 1.82) is 0 Å². The van der Waals surface area contributed by atoms with Crippen LogP contribution in [0.25, 0.3) is 0 Å². The molecule has 0 spiro atoms. The highest BCUT2D eigenvalue weighted by molar-refractivity contribution is 6.31. The van der Waals surface area contributed by atoms with Crippen LogP contribution in [0.5, 0.6) is 0 Å². The maximum absolute atomic E-state index is 12.2. The van der Waals surface area contributed by atoms with Crippen molar-refractivity contribution in [3.63, 3.8) is 0 Å². The predicted octanol–water partition coefficient (Wildman–Crippen LogP) is 3.43. The molecule has 1 amide bonds. The maximum Gasteiger partial charge on any atom is 0.234 e. The number of carbonyl (C=O) groups excluding carboxylic acids is 1. The topological polar surface area (TPSA) is 35.6 Å². The van der Waals surface area contributed by atoms with Gasteiger partial charge in [-0.3, -0.25) is 14.6 Å². The number of halogens is 2. The molecule has 0 aliphatic carbocycles. The Balaban J connectivity index is 1.38. The Bertz CT molecular complexity index is 728. The van der Waals surface area contributed by atoms with Crippen molar-refractivity contribution in [3.8, 4) is 0 Å². The summed E-state index contributed by atoms with van der Waals surface area (Å²) in [7, 11) is 0. The minimum atomic E-state index is 0.0551. The third kappa shape index (κ3) is 5.71. The lowest BCUT2D eigenvalue weighted by molar-refractivity contribution is -0.122. The number of nitrogens with one attached hydrogen (secondary N) is 1. The lowest BCUT2D eigenvalue weighted by Crippen LogP contribution is -2.49. The quantitative estimate of drug-likeness (QED) is 0.818. The van der Waals surface area contributed by atoms with E-state index in [9.17, 15) is 4.79 Å². The van der Waals surface area contributed by atoms with Crippen LogP contribution >= 0.6 is 23.2 Å². The Labute approximate surface area is 164 Å². The summed E-state index contributed by atoms with van der Waals surface area (Å²) in [6.45, 7) is 5.48. The molecule has 0 aromatic heterocycles. The van der Waals surface area contributed by atoms with E-state index in [4.69, 9.17) is 23.2 Å². The van der Waals surface area contributed by atoms with Crippen LogP contribution in [0.3, 0.4) is 0 Å². The fourth-order valence-electron chi connectivity index (χ4n) is 3.03. The van der Waals surface area contributed by atoms with E-state index in [0.717, 1.165) is 48.9 Å². The first kappa shape index (κ1) is 19.2. The van der Waals surface area contributed by atoms with Gasteiger partial charge in [-0.15, -0.1) is 0 Å². The molecule has 4 nitrogen and oxygen atoms in total. The van der Waals surface area contributed by atoms with E-state index in [1.54, 1.807) is 0 Å². The van der Waals surface area contributed by atoms with E-state index in [1.807, 2.05) is 42.5 Å². The largest absolute Gasteiger partial charge is 0.351 e. The van der Waals surface area contributed by atoms with Gasteiger partial charge in [0.1, 0.15) is 0 Å². The van der Waals surface area contributed by atoms with Gasteiger partial charge in [-0.25, -0.2) is 0 Å². The summed E-state index contributed by atoms with van der Waals surface area (Å²) < 4.78 is 0. The van der Waals surface area contributed by atoms with Crippen LogP contribution in [0.15, 0.2) is 48.5 Å². The molecule has 2 aromatic carbocycles. The van der Waals surface area contributed by atoms with Gasteiger partial charge in [0.2, 0.25) is 5.91 Å². The molecule has 1 aliphatic rings. The van der Waals surface area contributed by atoms with Crippen LogP contribution in [-0.2, 0) is 17.9 Å². The molecule has 1 fully saturated rings. The highest BCUT2D eigenvalue weighted by atomic mass is 35.5. The highest BCUT2D eigenvalue weighted by Gasteiger charge is 2.19. The van der Waals surface area contributed by atoms with E-state index in [1.165, 1.54) is 0 Å². The molecule has 0 saturated carbocycles. The van der Waals surface area contributed by atoms with Crippen LogP contribution in [0.1, 0.15) is 11.1 Å². The molecule has 138 valence electrons. The SMILES string of the molecule is O=C(CN1CCN(Cc2ccccc2Cl)CC1)NCc1ccc(Cl)cc1. The minimum absolute atomic E-state index is 0.0551. The molecule has 1 N–H and O–H groups in total. The Kier molecular flexibility index (Phi) is 6.92. The summed E-state index contributed by atoms with van der Waals surface area (Å²) in [5, 5.41) is 4.49. The van der Waals surface area contributed by atoms with E-state index >= 15 is 0 Å². The number of benzene rings is 2. The molecule has 26 heavy (non-hydrogen) atoms. The number of amides is 1. The van der Waals surface area contributed by atoms with Gasteiger partial charge in [0.05, 0.1) is 6.54 Å². The van der Waals surface area contributed by atoms with Gasteiger partial charge < -0.3 is 5.32 Å². The van der Waals surface area contributed by atoms with Gasteiger partial charge in [0, 0.05) is 49.3 Å². The number of carbonyl (C=O) groups is 1. The second-order valence-electron chi connectivity index (χ2n) is 6.55. The van der Waals surface area contributed by atoms with Gasteiger partial charge in [-0.1, -0.05) is 53.5 Å². The van der Waals surface area contributed by atoms with Gasteiger partial charge in [-0.05, 0) is 29.3 Å². The Morgan fingerprint density at radius 2 is 1.58 bits per heavy atom. The average molecular weight is 392 g/mol. The molecule has 0 unspecified atom stereocenters. The third-order valence-corrected chi connectivity index (χ3v) is 5.21. The summed E-state index contributed by atoms with van der Waals surface area (Å²) in [5.74, 6) is 0.0551. The van der Waals surface area contributed by atoms with E-state index < -0.39 is 0 Å². The zero-order valence-electron chi connectivity index (χ0n) is 14.6. The third-order valence-electron chi connectivity index (χ3n) is 4.59. The van der Waals surface area contributed by atoms with Gasteiger partial charge in [0.25, 0.3) is 0 Å². The second kappa shape index (κ2) is 9.38. The number of hydrogen-bond acceptors (Lipinski definition) is 3. The van der Waals surface area contributed by atoms with Crippen LogP contribution in [0.4, 0.5) is 0 Å². The molecular weight excluding hydrogens is 369 g/mol. The van der Waals surface area contributed by atoms with Crippen molar-refractivity contribution in [3.05, 3.63) is 69.7 Å². The summed E-state index contributed by atoms with van der Waals surface area (Å²) in [4.78, 5) is 16.7. The normalized spacial score (nSPS) is 15.8. The van der Waals surface area contributed by atoms with Gasteiger partial charge in [-0.2, -0.15) is 0 Å². The van der Waals surface area contributed by atoms with Crippen LogP contribution in [-0.4, -0.2) is 48.4 Å². The van der Waals surface area contributed by atoms with E-state index in [0.29, 0.717) is 18.1 Å². The van der Waals surface area contributed by atoms with Gasteiger partial charge >= 0.3 is 0 Å². The summed E-state index contributed by atoms with van der Waals surface area (Å²) in [6, 6.07) is 15.5. The van der Waals surface area contributed by atoms with Crippen molar-refractivity contribution < 1.29 is 4.79 Å². The van der Waals surface area contributed by atoms with Crippen LogP contribution in [0, 0.1) is 0 Å². The first-order valence-electron chi connectivity index (χ1n) is 8.79. The molecular formula is C20H23Cl2N3O. The molecule has 1 aliphatic heterocycles. The number of hydrogen-bond donors (Lipinski definition) is 1. The Hall–Kier alpha value is -1.59. The van der Waals surface area contributed by atoms with Crippen molar-refractivity contribution in [1.82, 2.24) is 15.1 Å². The molecule has 3 rings (SSSR count). The fourth-order valence-corrected chi connectivity index (χ4v) is 3.36. The predicted molar refractivity (Wildman–Crippen MR) is 106 cm³/mol. The van der Waals surface area contributed by atoms with Crippen molar-refractivity contribution in [2.24, 2.45) is 0 Å². The molecule has 1 saturated heterocycles. The van der Waals surface area contributed by atoms with E-state index in [-0.39, 0.29) is 5.91 Å². The molecule has 0 radical (unpaired) electrons. The average Bonchev–Trinajstić information content (AvgIpc) is 2.65. The first-order chi connectivity index (χ1) is 12.6. The van der Waals surface area contributed by atoms with Crippen LogP contribution < -0.4 is 5.32 Å². The molecule has 2 aromatic rings. The lowest BCUT2D eigenvalue weighted by Gasteiger charge is -2.34. The number of nitrogens with zero attached hydrogens (tertiary/aromatic N) is 2. The number of rotatable bonds is 6. The van der Waals surface area contributed by atoms with E-state index in [2.05, 4.69) is 21.2 Å². The fraction of sp³-hybridized carbons (Fsp3) is 0.350. The first-order valence-corrected chi connectivity index (χ1v) is 9.55. The van der Waals surface area contributed by atoms with Crippen LogP contribution in [0.2, 0.25) is 10.0 Å². The minimum Gasteiger partial charge on any atom is -0.351 e. The monoisotopic (exact) mass is 391 g/mol. The summed E-state index contributed by atoms with van der Waals surface area (Å²) >= 11 is 12.1.